The van der Waals surface area contributed by atoms with Crippen molar-refractivity contribution in [3.8, 4) is 0 Å². The number of rotatable bonds is 2. The maximum absolute atomic E-state index is 12.7. The van der Waals surface area contributed by atoms with E-state index in [4.69, 9.17) is 5.73 Å². The summed E-state index contributed by atoms with van der Waals surface area (Å²) in [5.74, 6) is -2.87. The zero-order valence-electron chi connectivity index (χ0n) is 7.72. The van der Waals surface area contributed by atoms with Gasteiger partial charge in [0.15, 0.2) is 5.78 Å². The molecular formula is C9H15F2NO. The van der Waals surface area contributed by atoms with Gasteiger partial charge >= 0.3 is 0 Å². The van der Waals surface area contributed by atoms with Gasteiger partial charge in [0.25, 0.3) is 0 Å². The first-order chi connectivity index (χ1) is 5.92. The molecule has 4 heteroatoms. The van der Waals surface area contributed by atoms with Gasteiger partial charge in [0.05, 0.1) is 6.04 Å². The van der Waals surface area contributed by atoms with Crippen LogP contribution in [0, 0.1) is 5.92 Å². The minimum atomic E-state index is -2.56. The molecule has 0 aromatic rings. The van der Waals surface area contributed by atoms with E-state index >= 15 is 0 Å². The van der Waals surface area contributed by atoms with Crippen molar-refractivity contribution in [2.45, 2.75) is 44.6 Å². The smallest absolute Gasteiger partial charge is 0.248 e. The second-order valence-corrected chi connectivity index (χ2v) is 3.82. The summed E-state index contributed by atoms with van der Waals surface area (Å²) in [6.07, 6.45) is 0.229. The van der Waals surface area contributed by atoms with Crippen LogP contribution in [-0.4, -0.2) is 17.7 Å². The van der Waals surface area contributed by atoms with Gasteiger partial charge in [-0.2, -0.15) is 0 Å². The molecule has 0 bridgehead atoms. The summed E-state index contributed by atoms with van der Waals surface area (Å²) < 4.78 is 25.4. The monoisotopic (exact) mass is 191 g/mol. The number of halogens is 2. The SMILES string of the molecule is CC(N)C(=O)C1CCC(F)(F)CC1. The highest BCUT2D eigenvalue weighted by molar-refractivity contribution is 5.85. The molecule has 0 aliphatic heterocycles. The first-order valence-corrected chi connectivity index (χ1v) is 4.59. The lowest BCUT2D eigenvalue weighted by molar-refractivity contribution is -0.127. The molecule has 13 heavy (non-hydrogen) atoms. The molecule has 1 aliphatic rings. The molecule has 1 rings (SSSR count). The van der Waals surface area contributed by atoms with Crippen LogP contribution in [0.4, 0.5) is 8.78 Å². The third-order valence-corrected chi connectivity index (χ3v) is 2.57. The molecule has 1 unspecified atom stereocenters. The van der Waals surface area contributed by atoms with E-state index in [2.05, 4.69) is 0 Å². The Hall–Kier alpha value is -0.510. The fraction of sp³-hybridized carbons (Fsp3) is 0.889. The fourth-order valence-electron chi connectivity index (χ4n) is 1.70. The summed E-state index contributed by atoms with van der Waals surface area (Å²) in [4.78, 5) is 11.3. The standard InChI is InChI=1S/C9H15F2NO/c1-6(12)8(13)7-2-4-9(10,11)5-3-7/h6-7H,2-5,12H2,1H3. The van der Waals surface area contributed by atoms with Crippen molar-refractivity contribution in [2.24, 2.45) is 11.7 Å². The Balaban J connectivity index is 2.46. The molecular weight excluding hydrogens is 176 g/mol. The quantitative estimate of drug-likeness (QED) is 0.722. The normalized spacial score (nSPS) is 25.5. The van der Waals surface area contributed by atoms with E-state index in [9.17, 15) is 13.6 Å². The van der Waals surface area contributed by atoms with Gasteiger partial charge in [-0.3, -0.25) is 4.79 Å². The summed E-state index contributed by atoms with van der Waals surface area (Å²) >= 11 is 0. The molecule has 0 heterocycles. The van der Waals surface area contributed by atoms with Crippen LogP contribution in [0.25, 0.3) is 0 Å². The van der Waals surface area contributed by atoms with Crippen LogP contribution < -0.4 is 5.73 Å². The van der Waals surface area contributed by atoms with E-state index in [-0.39, 0.29) is 37.4 Å². The second-order valence-electron chi connectivity index (χ2n) is 3.82. The highest BCUT2D eigenvalue weighted by atomic mass is 19.3. The van der Waals surface area contributed by atoms with Gasteiger partial charge in [-0.1, -0.05) is 0 Å². The van der Waals surface area contributed by atoms with Gasteiger partial charge in [0.2, 0.25) is 5.92 Å². The Morgan fingerprint density at radius 2 is 1.92 bits per heavy atom. The maximum atomic E-state index is 12.7. The largest absolute Gasteiger partial charge is 0.322 e. The third-order valence-electron chi connectivity index (χ3n) is 2.57. The van der Waals surface area contributed by atoms with Gasteiger partial charge in [-0.15, -0.1) is 0 Å². The maximum Gasteiger partial charge on any atom is 0.248 e. The molecule has 2 nitrogen and oxygen atoms in total. The van der Waals surface area contributed by atoms with Crippen LogP contribution in [-0.2, 0) is 4.79 Å². The highest BCUT2D eigenvalue weighted by Gasteiger charge is 2.37. The molecule has 1 fully saturated rings. The summed E-state index contributed by atoms with van der Waals surface area (Å²) in [5, 5.41) is 0. The van der Waals surface area contributed by atoms with Crippen molar-refractivity contribution >= 4 is 5.78 Å². The third kappa shape index (κ3) is 2.72. The van der Waals surface area contributed by atoms with Crippen LogP contribution in [0.3, 0.4) is 0 Å². The van der Waals surface area contributed by atoms with Gasteiger partial charge in [-0.25, -0.2) is 8.78 Å². The molecule has 0 aromatic heterocycles. The Bertz CT molecular complexity index is 194. The predicted octanol–water partition coefficient (Wildman–Crippen LogP) is 1.73. The molecule has 1 atom stereocenters. The van der Waals surface area contributed by atoms with Crippen molar-refractivity contribution in [3.63, 3.8) is 0 Å². The molecule has 2 N–H and O–H groups in total. The van der Waals surface area contributed by atoms with E-state index in [0.717, 1.165) is 0 Å². The number of carbonyl (C=O) groups is 1. The molecule has 1 aliphatic carbocycles. The Morgan fingerprint density at radius 1 is 1.46 bits per heavy atom. The summed E-state index contributed by atoms with van der Waals surface area (Å²) in [5.41, 5.74) is 5.40. The van der Waals surface area contributed by atoms with Crippen molar-refractivity contribution in [3.05, 3.63) is 0 Å². The van der Waals surface area contributed by atoms with Gasteiger partial charge in [-0.05, 0) is 19.8 Å². The van der Waals surface area contributed by atoms with Crippen LogP contribution in [0.15, 0.2) is 0 Å². The van der Waals surface area contributed by atoms with E-state index in [1.165, 1.54) is 0 Å². The van der Waals surface area contributed by atoms with Gasteiger partial charge in [0, 0.05) is 18.8 Å². The average molecular weight is 191 g/mol. The number of carbonyl (C=O) groups excluding carboxylic acids is 1. The van der Waals surface area contributed by atoms with Crippen molar-refractivity contribution in [1.82, 2.24) is 0 Å². The Morgan fingerprint density at radius 3 is 2.31 bits per heavy atom. The topological polar surface area (TPSA) is 43.1 Å². The lowest BCUT2D eigenvalue weighted by atomic mass is 9.82. The molecule has 1 saturated carbocycles. The number of ketones is 1. The summed E-state index contributed by atoms with van der Waals surface area (Å²) in [6, 6.07) is -0.517. The van der Waals surface area contributed by atoms with Crippen LogP contribution in [0.5, 0.6) is 0 Å². The van der Waals surface area contributed by atoms with Crippen molar-refractivity contribution in [2.75, 3.05) is 0 Å². The summed E-state index contributed by atoms with van der Waals surface area (Å²) in [7, 11) is 0. The van der Waals surface area contributed by atoms with E-state index in [1.54, 1.807) is 6.92 Å². The second kappa shape index (κ2) is 3.70. The first-order valence-electron chi connectivity index (χ1n) is 4.59. The Labute approximate surface area is 76.5 Å². The molecule has 0 saturated heterocycles. The predicted molar refractivity (Wildman–Crippen MR) is 45.6 cm³/mol. The molecule has 0 amide bonds. The lowest BCUT2D eigenvalue weighted by Crippen LogP contribution is -2.37. The molecule has 0 radical (unpaired) electrons. The zero-order chi connectivity index (χ0) is 10.1. The van der Waals surface area contributed by atoms with E-state index in [1.807, 2.05) is 0 Å². The Kier molecular flexibility index (Phi) is 3.01. The highest BCUT2D eigenvalue weighted by Crippen LogP contribution is 2.36. The fourth-order valence-corrected chi connectivity index (χ4v) is 1.70. The average Bonchev–Trinajstić information content (AvgIpc) is 2.03. The van der Waals surface area contributed by atoms with E-state index in [0.29, 0.717) is 0 Å². The zero-order valence-corrected chi connectivity index (χ0v) is 7.72. The van der Waals surface area contributed by atoms with Crippen LogP contribution in [0.1, 0.15) is 32.6 Å². The molecule has 0 aromatic carbocycles. The molecule has 76 valence electrons. The number of hydrogen-bond acceptors (Lipinski definition) is 2. The number of nitrogens with two attached hydrogens (primary N) is 1. The number of Topliss-reactive ketones (excluding diaryl/α,β-unsaturated/α-hetero) is 1. The lowest BCUT2D eigenvalue weighted by Gasteiger charge is -2.28. The minimum Gasteiger partial charge on any atom is -0.322 e. The molecule has 0 spiro atoms. The van der Waals surface area contributed by atoms with E-state index < -0.39 is 12.0 Å². The first kappa shape index (κ1) is 10.6. The van der Waals surface area contributed by atoms with Crippen molar-refractivity contribution in [1.29, 1.82) is 0 Å². The van der Waals surface area contributed by atoms with Crippen molar-refractivity contribution < 1.29 is 13.6 Å². The van der Waals surface area contributed by atoms with Gasteiger partial charge in [0.1, 0.15) is 0 Å². The van der Waals surface area contributed by atoms with Crippen LogP contribution >= 0.6 is 0 Å². The number of alkyl halides is 2. The summed E-state index contributed by atoms with van der Waals surface area (Å²) in [6.45, 7) is 1.61. The minimum absolute atomic E-state index is 0.0736. The van der Waals surface area contributed by atoms with Crippen LogP contribution in [0.2, 0.25) is 0 Å². The van der Waals surface area contributed by atoms with Gasteiger partial charge < -0.3 is 5.73 Å². The number of hydrogen-bond donors (Lipinski definition) is 1.